The van der Waals surface area contributed by atoms with Crippen molar-refractivity contribution in [1.82, 2.24) is 5.32 Å². The fraction of sp³-hybridized carbons (Fsp3) is 0.0952. The van der Waals surface area contributed by atoms with Gasteiger partial charge in [0.1, 0.15) is 5.75 Å². The van der Waals surface area contributed by atoms with E-state index in [2.05, 4.69) is 45.5 Å². The molecule has 3 aromatic carbocycles. The summed E-state index contributed by atoms with van der Waals surface area (Å²) in [6.45, 7) is 0.591. The zero-order valence-corrected chi connectivity index (χ0v) is 15.2. The van der Waals surface area contributed by atoms with Crippen LogP contribution in [-0.4, -0.2) is 17.6 Å². The summed E-state index contributed by atoms with van der Waals surface area (Å²) < 4.78 is 0.956. The fourth-order valence-electron chi connectivity index (χ4n) is 2.54. The Morgan fingerprint density at radius 2 is 1.40 bits per heavy atom. The number of phenolic OH excluding ortho intramolecular Hbond substituents is 1. The first-order valence-corrected chi connectivity index (χ1v) is 8.83. The highest BCUT2D eigenvalue weighted by Crippen LogP contribution is 2.22. The topological polar surface area (TPSA) is 49.3 Å². The number of benzene rings is 3. The normalized spacial score (nSPS) is 10.4. The average molecular weight is 396 g/mol. The summed E-state index contributed by atoms with van der Waals surface area (Å²) in [7, 11) is 0. The molecule has 0 saturated carbocycles. The average Bonchev–Trinajstić information content (AvgIpc) is 2.63. The second-order valence-electron chi connectivity index (χ2n) is 5.76. The Balaban J connectivity index is 1.54. The van der Waals surface area contributed by atoms with Crippen molar-refractivity contribution in [1.29, 1.82) is 0 Å². The van der Waals surface area contributed by atoms with Crippen molar-refractivity contribution in [2.45, 2.75) is 6.42 Å². The van der Waals surface area contributed by atoms with E-state index in [1.807, 2.05) is 24.3 Å². The first kappa shape index (κ1) is 17.2. The van der Waals surface area contributed by atoms with E-state index in [1.165, 1.54) is 5.56 Å². The van der Waals surface area contributed by atoms with Crippen LogP contribution < -0.4 is 5.32 Å². The number of hydrogen-bond acceptors (Lipinski definition) is 2. The van der Waals surface area contributed by atoms with Gasteiger partial charge in [0.25, 0.3) is 5.91 Å². The molecule has 0 aliphatic heterocycles. The van der Waals surface area contributed by atoms with Crippen molar-refractivity contribution in [3.05, 3.63) is 88.4 Å². The van der Waals surface area contributed by atoms with E-state index in [9.17, 15) is 9.90 Å². The zero-order valence-electron chi connectivity index (χ0n) is 13.6. The highest BCUT2D eigenvalue weighted by atomic mass is 79.9. The highest BCUT2D eigenvalue weighted by molar-refractivity contribution is 9.10. The summed E-state index contributed by atoms with van der Waals surface area (Å²) in [4.78, 5) is 12.1. The number of hydrogen-bond donors (Lipinski definition) is 2. The molecule has 3 nitrogen and oxygen atoms in total. The van der Waals surface area contributed by atoms with Gasteiger partial charge >= 0.3 is 0 Å². The quantitative estimate of drug-likeness (QED) is 0.651. The molecule has 0 unspecified atom stereocenters. The van der Waals surface area contributed by atoms with Gasteiger partial charge in [0.2, 0.25) is 0 Å². The van der Waals surface area contributed by atoms with Gasteiger partial charge < -0.3 is 10.4 Å². The molecule has 0 radical (unpaired) electrons. The van der Waals surface area contributed by atoms with Crippen LogP contribution in [0.5, 0.6) is 5.75 Å². The molecule has 0 heterocycles. The molecule has 2 N–H and O–H groups in total. The second kappa shape index (κ2) is 7.99. The van der Waals surface area contributed by atoms with Crippen LogP contribution in [0.25, 0.3) is 11.1 Å². The van der Waals surface area contributed by atoms with Crippen LogP contribution in [0, 0.1) is 0 Å². The largest absolute Gasteiger partial charge is 0.508 e. The van der Waals surface area contributed by atoms with Crippen LogP contribution in [0.2, 0.25) is 0 Å². The summed E-state index contributed by atoms with van der Waals surface area (Å²) in [6, 6.07) is 22.7. The van der Waals surface area contributed by atoms with Gasteiger partial charge in [-0.25, -0.2) is 0 Å². The summed E-state index contributed by atoms with van der Waals surface area (Å²) in [5.41, 5.74) is 3.99. The third kappa shape index (κ3) is 4.70. The van der Waals surface area contributed by atoms with Crippen molar-refractivity contribution in [2.75, 3.05) is 6.54 Å². The summed E-state index contributed by atoms with van der Waals surface area (Å²) in [5, 5.41) is 12.3. The highest BCUT2D eigenvalue weighted by Gasteiger charge is 2.04. The summed E-state index contributed by atoms with van der Waals surface area (Å²) >= 11 is 3.36. The van der Waals surface area contributed by atoms with Crippen LogP contribution in [0.15, 0.2) is 77.3 Å². The predicted molar refractivity (Wildman–Crippen MR) is 104 cm³/mol. The van der Waals surface area contributed by atoms with Crippen molar-refractivity contribution >= 4 is 21.8 Å². The molecule has 0 aliphatic rings. The molecular formula is C21H18BrNO2. The number of nitrogens with one attached hydrogen (secondary N) is 1. The lowest BCUT2D eigenvalue weighted by Crippen LogP contribution is -2.25. The Labute approximate surface area is 155 Å². The minimum Gasteiger partial charge on any atom is -0.508 e. The Hall–Kier alpha value is -2.59. The minimum atomic E-state index is -0.0618. The molecule has 4 heteroatoms. The molecule has 1 amide bonds. The van der Waals surface area contributed by atoms with E-state index >= 15 is 0 Å². The van der Waals surface area contributed by atoms with Gasteiger partial charge in [0.05, 0.1) is 0 Å². The van der Waals surface area contributed by atoms with Crippen LogP contribution >= 0.6 is 15.9 Å². The maximum Gasteiger partial charge on any atom is 0.251 e. The number of carbonyl (C=O) groups is 1. The molecule has 0 fully saturated rings. The van der Waals surface area contributed by atoms with E-state index < -0.39 is 0 Å². The molecule has 0 spiro atoms. The van der Waals surface area contributed by atoms with Gasteiger partial charge in [-0.3, -0.25) is 4.79 Å². The molecule has 0 aromatic heterocycles. The van der Waals surface area contributed by atoms with Crippen LogP contribution in [0.1, 0.15) is 15.9 Å². The zero-order chi connectivity index (χ0) is 17.6. The smallest absolute Gasteiger partial charge is 0.251 e. The van der Waals surface area contributed by atoms with Gasteiger partial charge in [0, 0.05) is 16.6 Å². The van der Waals surface area contributed by atoms with Crippen molar-refractivity contribution in [3.63, 3.8) is 0 Å². The SMILES string of the molecule is O=C(NCCc1ccc(-c2ccc(O)cc2)cc1)c1ccc(Br)cc1. The maximum absolute atomic E-state index is 12.1. The monoisotopic (exact) mass is 395 g/mol. The fourth-order valence-corrected chi connectivity index (χ4v) is 2.81. The molecule has 0 bridgehead atoms. The van der Waals surface area contributed by atoms with Gasteiger partial charge in [-0.1, -0.05) is 52.3 Å². The van der Waals surface area contributed by atoms with E-state index in [4.69, 9.17) is 0 Å². The van der Waals surface area contributed by atoms with Crippen molar-refractivity contribution < 1.29 is 9.90 Å². The summed E-state index contributed by atoms with van der Waals surface area (Å²) in [6.07, 6.45) is 0.776. The number of aromatic hydroxyl groups is 1. The van der Waals surface area contributed by atoms with Crippen LogP contribution in [-0.2, 0) is 6.42 Å². The van der Waals surface area contributed by atoms with Crippen LogP contribution in [0.3, 0.4) is 0 Å². The number of amides is 1. The Morgan fingerprint density at radius 3 is 2.00 bits per heavy atom. The Kier molecular flexibility index (Phi) is 5.51. The number of rotatable bonds is 5. The molecule has 3 rings (SSSR count). The number of carbonyl (C=O) groups excluding carboxylic acids is 1. The predicted octanol–water partition coefficient (Wildman–Crippen LogP) is 4.79. The lowest BCUT2D eigenvalue weighted by molar-refractivity contribution is 0.0954. The van der Waals surface area contributed by atoms with E-state index in [1.54, 1.807) is 24.3 Å². The Bertz CT molecular complexity index is 841. The van der Waals surface area contributed by atoms with E-state index in [0.29, 0.717) is 12.1 Å². The third-order valence-corrected chi connectivity index (χ3v) is 4.49. The standard InChI is InChI=1S/C21H18BrNO2/c22-19-9-5-18(6-10-19)21(25)23-14-13-15-1-3-16(4-2-15)17-7-11-20(24)12-8-17/h1-12,24H,13-14H2,(H,23,25). The molecule has 25 heavy (non-hydrogen) atoms. The molecule has 0 atom stereocenters. The molecule has 126 valence electrons. The van der Waals surface area contributed by atoms with Gasteiger partial charge in [-0.05, 0) is 59.5 Å². The van der Waals surface area contributed by atoms with E-state index in [-0.39, 0.29) is 11.7 Å². The van der Waals surface area contributed by atoms with E-state index in [0.717, 1.165) is 22.0 Å². The van der Waals surface area contributed by atoms with Crippen molar-refractivity contribution in [3.8, 4) is 16.9 Å². The lowest BCUT2D eigenvalue weighted by Gasteiger charge is -2.07. The van der Waals surface area contributed by atoms with Crippen LogP contribution in [0.4, 0.5) is 0 Å². The lowest BCUT2D eigenvalue weighted by atomic mass is 10.0. The number of phenols is 1. The van der Waals surface area contributed by atoms with Gasteiger partial charge in [-0.15, -0.1) is 0 Å². The summed E-state index contributed by atoms with van der Waals surface area (Å²) in [5.74, 6) is 0.204. The minimum absolute atomic E-state index is 0.0618. The third-order valence-electron chi connectivity index (χ3n) is 3.96. The molecule has 3 aromatic rings. The first-order valence-electron chi connectivity index (χ1n) is 8.04. The van der Waals surface area contributed by atoms with Gasteiger partial charge in [0.15, 0.2) is 0 Å². The number of halogens is 1. The Morgan fingerprint density at radius 1 is 0.840 bits per heavy atom. The van der Waals surface area contributed by atoms with Crippen molar-refractivity contribution in [2.24, 2.45) is 0 Å². The molecule has 0 saturated heterocycles. The molecular weight excluding hydrogens is 378 g/mol. The first-order chi connectivity index (χ1) is 12.1. The van der Waals surface area contributed by atoms with Gasteiger partial charge in [-0.2, -0.15) is 0 Å². The molecule has 0 aliphatic carbocycles. The maximum atomic E-state index is 12.1. The second-order valence-corrected chi connectivity index (χ2v) is 6.67.